The van der Waals surface area contributed by atoms with Crippen LogP contribution in [-0.2, 0) is 11.3 Å². The molecule has 0 spiro atoms. The number of aromatic nitrogens is 1. The van der Waals surface area contributed by atoms with Crippen LogP contribution in [0.15, 0.2) is 42.1 Å². The number of carbonyl (C=O) groups is 1. The summed E-state index contributed by atoms with van der Waals surface area (Å²) in [5, 5.41) is 3.60. The van der Waals surface area contributed by atoms with Crippen LogP contribution < -0.4 is 0 Å². The monoisotopic (exact) mass is 467 g/mol. The molecule has 0 unspecified atom stereocenters. The molecule has 1 fully saturated rings. The van der Waals surface area contributed by atoms with E-state index in [2.05, 4.69) is 35.8 Å². The number of hydrogen-bond donors (Lipinski definition) is 0. The van der Waals surface area contributed by atoms with Crippen molar-refractivity contribution in [3.05, 3.63) is 52.7 Å². The van der Waals surface area contributed by atoms with Crippen LogP contribution in [0.4, 0.5) is 0 Å². The summed E-state index contributed by atoms with van der Waals surface area (Å²) in [6.45, 7) is 5.75. The van der Waals surface area contributed by atoms with Crippen molar-refractivity contribution < 1.29 is 4.79 Å². The minimum Gasteiger partial charge on any atom is -0.340 e. The van der Waals surface area contributed by atoms with Crippen molar-refractivity contribution in [1.82, 2.24) is 14.4 Å². The molecule has 1 saturated heterocycles. The van der Waals surface area contributed by atoms with E-state index in [-0.39, 0.29) is 5.91 Å². The summed E-state index contributed by atoms with van der Waals surface area (Å²) in [6, 6.07) is 12.5. The summed E-state index contributed by atoms with van der Waals surface area (Å²) in [5.41, 5.74) is 4.00. The smallest absolute Gasteiger partial charge is 0.276 e. The molecular weight excluding hydrogens is 438 g/mol. The summed E-state index contributed by atoms with van der Waals surface area (Å²) in [4.78, 5) is 16.2. The molecule has 0 saturated carbocycles. The standard InChI is InChI=1S/C26H30ClN3OS/c1-4-6-7-8-9-14-30-22-12-10-18(15-20(22)21-17-19(27)11-13-23(21)30)16-24-25(31)29(5-2)26(32)28(24)3/h10-13,15-17H,4-9,14H2,1-3H3. The molecule has 4 rings (SSSR count). The fourth-order valence-electron chi connectivity index (χ4n) is 4.55. The van der Waals surface area contributed by atoms with E-state index in [1.807, 2.05) is 32.2 Å². The Bertz CT molecular complexity index is 1210. The van der Waals surface area contributed by atoms with E-state index in [4.69, 9.17) is 23.8 Å². The molecule has 2 aromatic carbocycles. The summed E-state index contributed by atoms with van der Waals surface area (Å²) in [6.07, 6.45) is 8.18. The third-order valence-corrected chi connectivity index (χ3v) is 7.03. The Labute approximate surface area is 200 Å². The molecule has 2 heterocycles. The first-order valence-electron chi connectivity index (χ1n) is 11.5. The second-order valence-electron chi connectivity index (χ2n) is 8.42. The lowest BCUT2D eigenvalue weighted by Gasteiger charge is -2.13. The minimum atomic E-state index is -0.0438. The number of amides is 1. The number of carbonyl (C=O) groups excluding carboxylic acids is 1. The summed E-state index contributed by atoms with van der Waals surface area (Å²) in [7, 11) is 1.85. The number of rotatable bonds is 8. The van der Waals surface area contributed by atoms with Gasteiger partial charge >= 0.3 is 0 Å². The highest BCUT2D eigenvalue weighted by atomic mass is 35.5. The maximum atomic E-state index is 12.8. The number of thiocarbonyl (C=S) groups is 1. The van der Waals surface area contributed by atoms with Crippen LogP contribution in [0.5, 0.6) is 0 Å². The Balaban J connectivity index is 1.74. The van der Waals surface area contributed by atoms with E-state index in [9.17, 15) is 4.79 Å². The topological polar surface area (TPSA) is 28.5 Å². The Morgan fingerprint density at radius 1 is 0.969 bits per heavy atom. The van der Waals surface area contributed by atoms with Gasteiger partial charge in [-0.1, -0.05) is 50.3 Å². The Morgan fingerprint density at radius 3 is 2.34 bits per heavy atom. The molecule has 1 aliphatic rings. The second-order valence-corrected chi connectivity index (χ2v) is 9.23. The maximum absolute atomic E-state index is 12.8. The predicted molar refractivity (Wildman–Crippen MR) is 139 cm³/mol. The third kappa shape index (κ3) is 4.16. The fourth-order valence-corrected chi connectivity index (χ4v) is 5.03. The molecule has 0 atom stereocenters. The zero-order valence-electron chi connectivity index (χ0n) is 19.0. The number of hydrogen-bond acceptors (Lipinski definition) is 2. The van der Waals surface area contributed by atoms with Gasteiger partial charge in [0.25, 0.3) is 5.91 Å². The lowest BCUT2D eigenvalue weighted by Crippen LogP contribution is -2.30. The van der Waals surface area contributed by atoms with Gasteiger partial charge in [-0.25, -0.2) is 0 Å². The quantitative estimate of drug-likeness (QED) is 0.206. The van der Waals surface area contributed by atoms with Gasteiger partial charge in [-0.2, -0.15) is 0 Å². The molecule has 1 aromatic heterocycles. The van der Waals surface area contributed by atoms with Crippen molar-refractivity contribution in [3.63, 3.8) is 0 Å². The van der Waals surface area contributed by atoms with Crippen LogP contribution in [0.1, 0.15) is 51.5 Å². The van der Waals surface area contributed by atoms with Gasteiger partial charge < -0.3 is 9.47 Å². The van der Waals surface area contributed by atoms with Gasteiger partial charge in [0.05, 0.1) is 0 Å². The highest BCUT2D eigenvalue weighted by Gasteiger charge is 2.34. The van der Waals surface area contributed by atoms with Gasteiger partial charge in [0, 0.05) is 47.0 Å². The normalized spacial score (nSPS) is 15.8. The van der Waals surface area contributed by atoms with Gasteiger partial charge in [-0.3, -0.25) is 9.69 Å². The van der Waals surface area contributed by atoms with Crippen LogP contribution in [0.2, 0.25) is 5.02 Å². The predicted octanol–water partition coefficient (Wildman–Crippen LogP) is 6.84. The Hall–Kier alpha value is -2.37. The molecule has 32 heavy (non-hydrogen) atoms. The van der Waals surface area contributed by atoms with Crippen LogP contribution in [0.3, 0.4) is 0 Å². The van der Waals surface area contributed by atoms with Crippen molar-refractivity contribution in [2.45, 2.75) is 52.5 Å². The van der Waals surface area contributed by atoms with E-state index in [0.717, 1.165) is 34.3 Å². The fraction of sp³-hybridized carbons (Fsp3) is 0.385. The molecule has 3 aromatic rings. The molecule has 1 aliphatic heterocycles. The SMILES string of the molecule is CCCCCCCn1c2ccc(Cl)cc2c2cc(C=C3C(=O)N(CC)C(=S)N3C)ccc21. The zero-order chi connectivity index (χ0) is 22.8. The second kappa shape index (κ2) is 9.63. The van der Waals surface area contributed by atoms with E-state index in [1.165, 1.54) is 36.7 Å². The summed E-state index contributed by atoms with van der Waals surface area (Å²) in [5.74, 6) is -0.0438. The number of aryl methyl sites for hydroxylation is 1. The average molecular weight is 468 g/mol. The van der Waals surface area contributed by atoms with Gasteiger partial charge in [0.2, 0.25) is 0 Å². The molecule has 168 valence electrons. The number of unbranched alkanes of at least 4 members (excludes halogenated alkanes) is 4. The number of fused-ring (bicyclic) bond motifs is 3. The summed E-state index contributed by atoms with van der Waals surface area (Å²) < 4.78 is 2.41. The molecule has 0 N–H and O–H groups in total. The largest absolute Gasteiger partial charge is 0.340 e. The molecule has 0 radical (unpaired) electrons. The van der Waals surface area contributed by atoms with E-state index in [0.29, 0.717) is 17.4 Å². The number of nitrogens with zero attached hydrogens (tertiary/aromatic N) is 3. The van der Waals surface area contributed by atoms with E-state index in [1.54, 1.807) is 9.80 Å². The molecule has 6 heteroatoms. The van der Waals surface area contributed by atoms with Gasteiger partial charge in [0.1, 0.15) is 5.70 Å². The third-order valence-electron chi connectivity index (χ3n) is 6.30. The maximum Gasteiger partial charge on any atom is 0.276 e. The van der Waals surface area contributed by atoms with Crippen LogP contribution in [0, 0.1) is 0 Å². The zero-order valence-corrected chi connectivity index (χ0v) is 20.6. The molecule has 0 bridgehead atoms. The van der Waals surface area contributed by atoms with Gasteiger partial charge in [-0.15, -0.1) is 0 Å². The minimum absolute atomic E-state index is 0.0438. The van der Waals surface area contributed by atoms with E-state index < -0.39 is 0 Å². The van der Waals surface area contributed by atoms with Crippen LogP contribution >= 0.6 is 23.8 Å². The number of halogens is 1. The Kier molecular flexibility index (Phi) is 6.87. The lowest BCUT2D eigenvalue weighted by atomic mass is 10.1. The highest BCUT2D eigenvalue weighted by molar-refractivity contribution is 7.80. The summed E-state index contributed by atoms with van der Waals surface area (Å²) >= 11 is 11.8. The first-order chi connectivity index (χ1) is 15.5. The molecule has 1 amide bonds. The van der Waals surface area contributed by atoms with Gasteiger partial charge in [0.15, 0.2) is 5.11 Å². The van der Waals surface area contributed by atoms with Gasteiger partial charge in [-0.05, 0) is 67.5 Å². The first-order valence-corrected chi connectivity index (χ1v) is 12.3. The number of benzene rings is 2. The average Bonchev–Trinajstić information content (AvgIpc) is 3.19. The molecule has 0 aliphatic carbocycles. The molecular formula is C26H30ClN3OS. The Morgan fingerprint density at radius 2 is 1.66 bits per heavy atom. The van der Waals surface area contributed by atoms with E-state index >= 15 is 0 Å². The molecule has 4 nitrogen and oxygen atoms in total. The lowest BCUT2D eigenvalue weighted by molar-refractivity contribution is -0.122. The highest BCUT2D eigenvalue weighted by Crippen LogP contribution is 2.33. The van der Waals surface area contributed by atoms with Crippen LogP contribution in [-0.4, -0.2) is 39.0 Å². The number of likely N-dealkylation sites (N-methyl/N-ethyl adjacent to an activating group) is 2. The first kappa shape index (κ1) is 22.8. The van der Waals surface area contributed by atoms with Crippen LogP contribution in [0.25, 0.3) is 27.9 Å². The van der Waals surface area contributed by atoms with Crippen molar-refractivity contribution in [2.24, 2.45) is 0 Å². The van der Waals surface area contributed by atoms with Crippen molar-refractivity contribution >= 4 is 62.7 Å². The van der Waals surface area contributed by atoms with Crippen molar-refractivity contribution in [2.75, 3.05) is 13.6 Å². The van der Waals surface area contributed by atoms with Crippen molar-refractivity contribution in [3.8, 4) is 0 Å². The van der Waals surface area contributed by atoms with Crippen molar-refractivity contribution in [1.29, 1.82) is 0 Å².